The van der Waals surface area contributed by atoms with Crippen LogP contribution in [0, 0.1) is 17.6 Å². The van der Waals surface area contributed by atoms with Crippen molar-refractivity contribution in [3.63, 3.8) is 0 Å². The van der Waals surface area contributed by atoms with Crippen LogP contribution in [0.2, 0.25) is 0 Å². The number of hydrogen-bond acceptors (Lipinski definition) is 0. The number of allylic oxidation sites excluding steroid dienone is 1. The smallest absolute Gasteiger partial charge is 0.166 e. The summed E-state index contributed by atoms with van der Waals surface area (Å²) in [6.07, 6.45) is 13.4. The third-order valence-corrected chi connectivity index (χ3v) is 6.54. The topological polar surface area (TPSA) is 0 Å². The van der Waals surface area contributed by atoms with Gasteiger partial charge in [-0.15, -0.1) is 6.58 Å². The van der Waals surface area contributed by atoms with Gasteiger partial charge in [0, 0.05) is 5.56 Å². The summed E-state index contributed by atoms with van der Waals surface area (Å²) >= 11 is 0. The van der Waals surface area contributed by atoms with Gasteiger partial charge in [-0.1, -0.05) is 75.1 Å². The van der Waals surface area contributed by atoms with E-state index in [1.54, 1.807) is 18.2 Å². The van der Waals surface area contributed by atoms with E-state index in [-0.39, 0.29) is 0 Å². The third kappa shape index (κ3) is 5.56. The standard InChI is InChI=1S/C27H34F2/c1-3-5-7-8-20-10-12-21(13-11-20)22-14-16-23(17-15-22)25-19-18-24(9-6-4-2)26(28)27(25)29/h4,14-21H,2-3,5-13H2,1H3. The molecule has 0 heterocycles. The van der Waals surface area contributed by atoms with Gasteiger partial charge >= 0.3 is 0 Å². The molecule has 2 heteroatoms. The van der Waals surface area contributed by atoms with E-state index in [1.165, 1.54) is 56.9 Å². The number of hydrogen-bond donors (Lipinski definition) is 0. The molecule has 0 aromatic heterocycles. The molecule has 0 N–H and O–H groups in total. The molecular weight excluding hydrogens is 362 g/mol. The molecule has 0 unspecified atom stereocenters. The summed E-state index contributed by atoms with van der Waals surface area (Å²) in [7, 11) is 0. The lowest BCUT2D eigenvalue weighted by Crippen LogP contribution is -2.13. The zero-order valence-corrected chi connectivity index (χ0v) is 17.7. The molecule has 0 aliphatic heterocycles. The summed E-state index contributed by atoms with van der Waals surface area (Å²) in [5, 5.41) is 0. The van der Waals surface area contributed by atoms with Crippen LogP contribution in [0.1, 0.15) is 81.8 Å². The molecule has 0 radical (unpaired) electrons. The highest BCUT2D eigenvalue weighted by molar-refractivity contribution is 5.65. The molecule has 1 saturated carbocycles. The number of rotatable bonds is 9. The Hall–Kier alpha value is -1.96. The maximum atomic E-state index is 14.6. The number of unbranched alkanes of at least 4 members (excludes halogenated alkanes) is 2. The van der Waals surface area contributed by atoms with Gasteiger partial charge in [-0.3, -0.25) is 0 Å². The van der Waals surface area contributed by atoms with Crippen molar-refractivity contribution in [1.29, 1.82) is 0 Å². The summed E-state index contributed by atoms with van der Waals surface area (Å²) in [4.78, 5) is 0. The van der Waals surface area contributed by atoms with E-state index in [0.29, 0.717) is 29.9 Å². The summed E-state index contributed by atoms with van der Waals surface area (Å²) in [6, 6.07) is 11.5. The van der Waals surface area contributed by atoms with Crippen molar-refractivity contribution in [2.75, 3.05) is 0 Å². The fraction of sp³-hybridized carbons (Fsp3) is 0.481. The maximum absolute atomic E-state index is 14.6. The van der Waals surface area contributed by atoms with E-state index in [1.807, 2.05) is 12.1 Å². The molecule has 156 valence electrons. The largest absolute Gasteiger partial charge is 0.203 e. The minimum Gasteiger partial charge on any atom is -0.203 e. The molecular formula is C27H34F2. The van der Waals surface area contributed by atoms with Crippen LogP contribution in [-0.4, -0.2) is 0 Å². The minimum absolute atomic E-state index is 0.344. The molecule has 0 atom stereocenters. The zero-order valence-electron chi connectivity index (χ0n) is 17.7. The van der Waals surface area contributed by atoms with E-state index in [2.05, 4.69) is 25.6 Å². The Kier molecular flexibility index (Phi) is 8.03. The van der Waals surface area contributed by atoms with Gasteiger partial charge in [0.15, 0.2) is 11.6 Å². The summed E-state index contributed by atoms with van der Waals surface area (Å²) in [5.41, 5.74) is 2.84. The molecule has 2 aromatic carbocycles. The lowest BCUT2D eigenvalue weighted by atomic mass is 9.77. The number of aryl methyl sites for hydroxylation is 1. The first-order valence-electron chi connectivity index (χ1n) is 11.3. The van der Waals surface area contributed by atoms with Crippen molar-refractivity contribution in [2.45, 2.75) is 77.0 Å². The van der Waals surface area contributed by atoms with Gasteiger partial charge in [-0.2, -0.15) is 0 Å². The molecule has 0 nitrogen and oxygen atoms in total. The van der Waals surface area contributed by atoms with Crippen LogP contribution in [0.15, 0.2) is 49.1 Å². The summed E-state index contributed by atoms with van der Waals surface area (Å²) in [5.74, 6) is 0.0322. The summed E-state index contributed by atoms with van der Waals surface area (Å²) in [6.45, 7) is 5.91. The fourth-order valence-electron chi connectivity index (χ4n) is 4.67. The normalized spacial score (nSPS) is 19.3. The van der Waals surface area contributed by atoms with Gasteiger partial charge in [-0.25, -0.2) is 8.78 Å². The monoisotopic (exact) mass is 396 g/mol. The Morgan fingerprint density at radius 1 is 0.931 bits per heavy atom. The molecule has 2 aromatic rings. The van der Waals surface area contributed by atoms with Gasteiger partial charge in [0.2, 0.25) is 0 Å². The molecule has 0 bridgehead atoms. The maximum Gasteiger partial charge on any atom is 0.166 e. The van der Waals surface area contributed by atoms with Crippen LogP contribution in [0.25, 0.3) is 11.1 Å². The van der Waals surface area contributed by atoms with Gasteiger partial charge in [0.1, 0.15) is 0 Å². The van der Waals surface area contributed by atoms with Crippen molar-refractivity contribution >= 4 is 0 Å². The Labute approximate surface area is 175 Å². The fourth-order valence-corrected chi connectivity index (χ4v) is 4.67. The average Bonchev–Trinajstić information content (AvgIpc) is 2.76. The molecule has 1 aliphatic carbocycles. The minimum atomic E-state index is -0.744. The molecule has 1 fully saturated rings. The summed E-state index contributed by atoms with van der Waals surface area (Å²) < 4.78 is 29.0. The average molecular weight is 397 g/mol. The second-order valence-corrected chi connectivity index (χ2v) is 8.56. The van der Waals surface area contributed by atoms with Gasteiger partial charge < -0.3 is 0 Å². The lowest BCUT2D eigenvalue weighted by Gasteiger charge is -2.29. The predicted molar refractivity (Wildman–Crippen MR) is 119 cm³/mol. The van der Waals surface area contributed by atoms with Crippen molar-refractivity contribution in [2.24, 2.45) is 5.92 Å². The van der Waals surface area contributed by atoms with E-state index in [9.17, 15) is 8.78 Å². The SMILES string of the molecule is C=CCCc1ccc(-c2ccc(C3CCC(CCCCC)CC3)cc2)c(F)c1F. The second-order valence-electron chi connectivity index (χ2n) is 8.56. The van der Waals surface area contributed by atoms with Crippen LogP contribution in [0.5, 0.6) is 0 Å². The highest BCUT2D eigenvalue weighted by atomic mass is 19.2. The Balaban J connectivity index is 1.64. The predicted octanol–water partition coefficient (Wildman–Crippen LogP) is 8.60. The van der Waals surface area contributed by atoms with Crippen molar-refractivity contribution in [3.8, 4) is 11.1 Å². The molecule has 0 amide bonds. The number of benzene rings is 2. The number of halogens is 2. The highest BCUT2D eigenvalue weighted by Crippen LogP contribution is 2.38. The zero-order chi connectivity index (χ0) is 20.6. The van der Waals surface area contributed by atoms with Crippen LogP contribution in [0.4, 0.5) is 8.78 Å². The molecule has 1 aliphatic rings. The van der Waals surface area contributed by atoms with Gasteiger partial charge in [0.25, 0.3) is 0 Å². The first-order valence-corrected chi connectivity index (χ1v) is 11.3. The van der Waals surface area contributed by atoms with Gasteiger partial charge in [0.05, 0.1) is 0 Å². The van der Waals surface area contributed by atoms with E-state index >= 15 is 0 Å². The molecule has 3 rings (SSSR count). The van der Waals surface area contributed by atoms with Crippen LogP contribution < -0.4 is 0 Å². The van der Waals surface area contributed by atoms with Crippen molar-refractivity contribution < 1.29 is 8.78 Å². The lowest BCUT2D eigenvalue weighted by molar-refractivity contribution is 0.303. The second kappa shape index (κ2) is 10.7. The molecule has 0 spiro atoms. The van der Waals surface area contributed by atoms with Crippen molar-refractivity contribution in [1.82, 2.24) is 0 Å². The highest BCUT2D eigenvalue weighted by Gasteiger charge is 2.22. The van der Waals surface area contributed by atoms with Crippen LogP contribution >= 0.6 is 0 Å². The van der Waals surface area contributed by atoms with Crippen LogP contribution in [-0.2, 0) is 6.42 Å². The quantitative estimate of drug-likeness (QED) is 0.294. The first-order chi connectivity index (χ1) is 14.1. The third-order valence-electron chi connectivity index (χ3n) is 6.54. The van der Waals surface area contributed by atoms with Crippen LogP contribution in [0.3, 0.4) is 0 Å². The van der Waals surface area contributed by atoms with E-state index < -0.39 is 11.6 Å². The van der Waals surface area contributed by atoms with E-state index in [4.69, 9.17) is 0 Å². The van der Waals surface area contributed by atoms with Crippen molar-refractivity contribution in [3.05, 3.63) is 71.8 Å². The van der Waals surface area contributed by atoms with E-state index in [0.717, 1.165) is 11.5 Å². The Morgan fingerprint density at radius 2 is 1.66 bits per heavy atom. The molecule has 0 saturated heterocycles. The Morgan fingerprint density at radius 3 is 2.31 bits per heavy atom. The van der Waals surface area contributed by atoms with Gasteiger partial charge in [-0.05, 0) is 67.1 Å². The first kappa shape index (κ1) is 21.7. The Bertz CT molecular complexity index is 783. The molecule has 29 heavy (non-hydrogen) atoms.